The number of nitrogens with one attached hydrogen (secondary N) is 2. The zero-order valence-corrected chi connectivity index (χ0v) is 17.7. The van der Waals surface area contributed by atoms with Crippen LogP contribution in [0.3, 0.4) is 0 Å². The Bertz CT molecular complexity index is 885. The number of amides is 1. The predicted molar refractivity (Wildman–Crippen MR) is 113 cm³/mol. The number of sulfonamides is 1. The SMILES string of the molecule is CCN(CC)S(=O)(=O)c1cc(C(=O)NCCCNc2ccccc2)ccc1Cl. The Kier molecular flexibility index (Phi) is 8.29. The van der Waals surface area contributed by atoms with E-state index in [1.54, 1.807) is 13.8 Å². The third-order valence-electron chi connectivity index (χ3n) is 4.26. The van der Waals surface area contributed by atoms with E-state index in [1.165, 1.54) is 22.5 Å². The van der Waals surface area contributed by atoms with Gasteiger partial charge in [-0.15, -0.1) is 0 Å². The Morgan fingerprint density at radius 1 is 1.04 bits per heavy atom. The van der Waals surface area contributed by atoms with Gasteiger partial charge in [0, 0.05) is 37.4 Å². The number of hydrogen-bond donors (Lipinski definition) is 2. The first-order valence-corrected chi connectivity index (χ1v) is 11.1. The van der Waals surface area contributed by atoms with Crippen molar-refractivity contribution in [2.75, 3.05) is 31.5 Å². The first-order valence-electron chi connectivity index (χ1n) is 9.27. The molecule has 0 bridgehead atoms. The lowest BCUT2D eigenvalue weighted by Crippen LogP contribution is -2.31. The van der Waals surface area contributed by atoms with E-state index in [2.05, 4.69) is 10.6 Å². The number of para-hydroxylation sites is 1. The Morgan fingerprint density at radius 3 is 2.36 bits per heavy atom. The molecule has 28 heavy (non-hydrogen) atoms. The Balaban J connectivity index is 1.96. The molecule has 2 rings (SSSR count). The first-order chi connectivity index (χ1) is 13.4. The molecule has 0 aliphatic heterocycles. The number of anilines is 1. The summed E-state index contributed by atoms with van der Waals surface area (Å²) in [6.45, 7) is 5.37. The van der Waals surface area contributed by atoms with Crippen molar-refractivity contribution in [3.63, 3.8) is 0 Å². The van der Waals surface area contributed by atoms with Crippen molar-refractivity contribution in [3.05, 3.63) is 59.1 Å². The van der Waals surface area contributed by atoms with E-state index >= 15 is 0 Å². The van der Waals surface area contributed by atoms with Crippen LogP contribution in [0, 0.1) is 0 Å². The average molecular weight is 424 g/mol. The molecule has 2 aromatic rings. The molecule has 0 atom stereocenters. The molecule has 0 aromatic heterocycles. The lowest BCUT2D eigenvalue weighted by Gasteiger charge is -2.19. The third-order valence-corrected chi connectivity index (χ3v) is 6.79. The van der Waals surface area contributed by atoms with Gasteiger partial charge in [-0.3, -0.25) is 4.79 Å². The van der Waals surface area contributed by atoms with Gasteiger partial charge in [-0.1, -0.05) is 43.6 Å². The topological polar surface area (TPSA) is 78.5 Å². The quantitative estimate of drug-likeness (QED) is 0.572. The number of hydrogen-bond acceptors (Lipinski definition) is 4. The third kappa shape index (κ3) is 5.70. The number of carbonyl (C=O) groups excluding carboxylic acids is 1. The van der Waals surface area contributed by atoms with Gasteiger partial charge in [0.25, 0.3) is 5.91 Å². The summed E-state index contributed by atoms with van der Waals surface area (Å²) in [6, 6.07) is 14.1. The van der Waals surface area contributed by atoms with Gasteiger partial charge in [0.15, 0.2) is 0 Å². The Hall–Kier alpha value is -2.09. The van der Waals surface area contributed by atoms with Crippen molar-refractivity contribution in [2.24, 2.45) is 0 Å². The highest BCUT2D eigenvalue weighted by molar-refractivity contribution is 7.89. The summed E-state index contributed by atoms with van der Waals surface area (Å²) in [6.07, 6.45) is 0.735. The molecule has 6 nitrogen and oxygen atoms in total. The zero-order valence-electron chi connectivity index (χ0n) is 16.1. The van der Waals surface area contributed by atoms with E-state index in [0.29, 0.717) is 26.2 Å². The summed E-state index contributed by atoms with van der Waals surface area (Å²) < 4.78 is 26.8. The van der Waals surface area contributed by atoms with E-state index in [9.17, 15) is 13.2 Å². The minimum absolute atomic E-state index is 0.0451. The molecule has 0 unspecified atom stereocenters. The Labute approximate surface area is 171 Å². The minimum atomic E-state index is -3.74. The maximum absolute atomic E-state index is 12.7. The fourth-order valence-corrected chi connectivity index (χ4v) is 4.68. The molecule has 0 aliphatic rings. The van der Waals surface area contributed by atoms with Gasteiger partial charge >= 0.3 is 0 Å². The molecule has 0 radical (unpaired) electrons. The fourth-order valence-electron chi connectivity index (χ4n) is 2.73. The van der Waals surface area contributed by atoms with Crippen LogP contribution >= 0.6 is 11.6 Å². The Morgan fingerprint density at radius 2 is 1.71 bits per heavy atom. The van der Waals surface area contributed by atoms with Crippen LogP contribution in [0.15, 0.2) is 53.4 Å². The normalized spacial score (nSPS) is 11.4. The second kappa shape index (κ2) is 10.5. The van der Waals surface area contributed by atoms with E-state index in [0.717, 1.165) is 12.1 Å². The van der Waals surface area contributed by atoms with Crippen LogP contribution in [-0.4, -0.2) is 44.8 Å². The summed E-state index contributed by atoms with van der Waals surface area (Å²) in [5.74, 6) is -0.327. The van der Waals surface area contributed by atoms with Crippen molar-refractivity contribution >= 4 is 33.2 Å². The van der Waals surface area contributed by atoms with Gasteiger partial charge in [-0.2, -0.15) is 4.31 Å². The van der Waals surface area contributed by atoms with Crippen molar-refractivity contribution in [2.45, 2.75) is 25.2 Å². The second-order valence-electron chi connectivity index (χ2n) is 6.14. The minimum Gasteiger partial charge on any atom is -0.385 e. The molecule has 2 aromatic carbocycles. The van der Waals surface area contributed by atoms with Crippen molar-refractivity contribution in [1.29, 1.82) is 0 Å². The van der Waals surface area contributed by atoms with Crippen molar-refractivity contribution in [3.8, 4) is 0 Å². The highest BCUT2D eigenvalue weighted by Gasteiger charge is 2.25. The van der Waals surface area contributed by atoms with Gasteiger partial charge in [0.2, 0.25) is 10.0 Å². The van der Waals surface area contributed by atoms with Crippen LogP contribution in [-0.2, 0) is 10.0 Å². The summed E-state index contributed by atoms with van der Waals surface area (Å²) >= 11 is 6.10. The molecule has 8 heteroatoms. The van der Waals surface area contributed by atoms with Gasteiger partial charge in [-0.25, -0.2) is 8.42 Å². The monoisotopic (exact) mass is 423 g/mol. The summed E-state index contributed by atoms with van der Waals surface area (Å²) in [7, 11) is -3.74. The molecule has 0 heterocycles. The number of rotatable bonds is 10. The summed E-state index contributed by atoms with van der Waals surface area (Å²) in [4.78, 5) is 12.3. The lowest BCUT2D eigenvalue weighted by molar-refractivity contribution is 0.0953. The summed E-state index contributed by atoms with van der Waals surface area (Å²) in [5, 5.41) is 6.18. The number of benzene rings is 2. The highest BCUT2D eigenvalue weighted by atomic mass is 35.5. The number of carbonyl (C=O) groups is 1. The molecule has 0 saturated heterocycles. The van der Waals surface area contributed by atoms with Gasteiger partial charge in [0.1, 0.15) is 4.90 Å². The van der Waals surface area contributed by atoms with E-state index in [4.69, 9.17) is 11.6 Å². The van der Waals surface area contributed by atoms with Crippen LogP contribution in [0.2, 0.25) is 5.02 Å². The number of halogens is 1. The van der Waals surface area contributed by atoms with Crippen LogP contribution in [0.1, 0.15) is 30.6 Å². The van der Waals surface area contributed by atoms with Crippen molar-refractivity contribution in [1.82, 2.24) is 9.62 Å². The van der Waals surface area contributed by atoms with Gasteiger partial charge in [-0.05, 0) is 36.8 Å². The smallest absolute Gasteiger partial charge is 0.251 e. The zero-order chi connectivity index (χ0) is 20.6. The highest BCUT2D eigenvalue weighted by Crippen LogP contribution is 2.25. The molecule has 1 amide bonds. The maximum atomic E-state index is 12.7. The fraction of sp³-hybridized carbons (Fsp3) is 0.350. The first kappa shape index (κ1) is 22.2. The van der Waals surface area contributed by atoms with E-state index in [-0.39, 0.29) is 21.4 Å². The molecular weight excluding hydrogens is 398 g/mol. The largest absolute Gasteiger partial charge is 0.385 e. The molecule has 0 aliphatic carbocycles. The van der Waals surface area contributed by atoms with E-state index < -0.39 is 10.0 Å². The summed E-state index contributed by atoms with van der Waals surface area (Å²) in [5.41, 5.74) is 1.30. The molecule has 152 valence electrons. The number of nitrogens with zero attached hydrogens (tertiary/aromatic N) is 1. The molecule has 0 fully saturated rings. The van der Waals surface area contributed by atoms with Crippen LogP contribution in [0.4, 0.5) is 5.69 Å². The van der Waals surface area contributed by atoms with Crippen LogP contribution in [0.25, 0.3) is 0 Å². The molecular formula is C20H26ClN3O3S. The molecule has 2 N–H and O–H groups in total. The lowest BCUT2D eigenvalue weighted by atomic mass is 10.2. The molecule has 0 saturated carbocycles. The standard InChI is InChI=1S/C20H26ClN3O3S/c1-3-24(4-2)28(26,27)19-15-16(11-12-18(19)21)20(25)23-14-8-13-22-17-9-6-5-7-10-17/h5-7,9-12,15,22H,3-4,8,13-14H2,1-2H3,(H,23,25). The van der Waals surface area contributed by atoms with Crippen LogP contribution in [0.5, 0.6) is 0 Å². The predicted octanol–water partition coefficient (Wildman–Crippen LogP) is 3.60. The van der Waals surface area contributed by atoms with Crippen molar-refractivity contribution < 1.29 is 13.2 Å². The second-order valence-corrected chi connectivity index (χ2v) is 8.45. The van der Waals surface area contributed by atoms with E-state index in [1.807, 2.05) is 30.3 Å². The van der Waals surface area contributed by atoms with Crippen LogP contribution < -0.4 is 10.6 Å². The maximum Gasteiger partial charge on any atom is 0.251 e. The molecule has 0 spiro atoms. The van der Waals surface area contributed by atoms with Gasteiger partial charge in [0.05, 0.1) is 5.02 Å². The van der Waals surface area contributed by atoms with Gasteiger partial charge < -0.3 is 10.6 Å². The average Bonchev–Trinajstić information content (AvgIpc) is 2.69.